The molecule has 1 aromatic carbocycles. The lowest BCUT2D eigenvalue weighted by atomic mass is 10.1. The highest BCUT2D eigenvalue weighted by molar-refractivity contribution is 6.41. The molecule has 0 fully saturated rings. The normalized spacial score (nSPS) is 10.8. The molecule has 0 bridgehead atoms. The zero-order valence-electron chi connectivity index (χ0n) is 14.5. The van der Waals surface area contributed by atoms with Crippen LogP contribution in [0.15, 0.2) is 24.4 Å². The Hall–Kier alpha value is -2.44. The molecule has 0 amide bonds. The highest BCUT2D eigenvalue weighted by Crippen LogP contribution is 2.46. The van der Waals surface area contributed by atoms with Crippen LogP contribution in [0, 0.1) is 0 Å². The third-order valence-corrected chi connectivity index (χ3v) is 4.56. The summed E-state index contributed by atoms with van der Waals surface area (Å²) in [6, 6.07) is 5.16. The number of rotatable bonds is 5. The van der Waals surface area contributed by atoms with Crippen molar-refractivity contribution in [2.24, 2.45) is 0 Å². The molecular formula is C18H17Cl2N3O3. The third-order valence-electron chi connectivity index (χ3n) is 3.81. The number of ether oxygens (including phenoxy) is 3. The maximum Gasteiger partial charge on any atom is 0.222 e. The van der Waals surface area contributed by atoms with Crippen LogP contribution in [0.25, 0.3) is 22.0 Å². The van der Waals surface area contributed by atoms with E-state index in [2.05, 4.69) is 9.97 Å². The molecule has 0 saturated heterocycles. The summed E-state index contributed by atoms with van der Waals surface area (Å²) < 4.78 is 16.3. The van der Waals surface area contributed by atoms with Gasteiger partial charge in [-0.25, -0.2) is 9.97 Å². The lowest BCUT2D eigenvalue weighted by Gasteiger charge is -2.16. The predicted octanol–water partition coefficient (Wildman–Crippen LogP) is 4.60. The zero-order chi connectivity index (χ0) is 18.8. The minimum Gasteiger partial charge on any atom is -0.495 e. The van der Waals surface area contributed by atoms with E-state index < -0.39 is 0 Å². The Morgan fingerprint density at radius 3 is 2.27 bits per heavy atom. The van der Waals surface area contributed by atoms with E-state index in [4.69, 9.17) is 43.1 Å². The fourth-order valence-corrected chi connectivity index (χ4v) is 3.31. The lowest BCUT2D eigenvalue weighted by Crippen LogP contribution is -2.00. The van der Waals surface area contributed by atoms with Crippen LogP contribution in [-0.2, 0) is 0 Å². The Kier molecular flexibility index (Phi) is 5.25. The molecule has 0 spiro atoms. The molecule has 0 atom stereocenters. The van der Waals surface area contributed by atoms with E-state index in [1.54, 1.807) is 18.3 Å². The number of nitrogen functional groups attached to an aromatic ring is 1. The van der Waals surface area contributed by atoms with Crippen molar-refractivity contribution in [2.45, 2.75) is 6.92 Å². The molecule has 0 aliphatic rings. The Balaban J connectivity index is 2.34. The number of nitrogens with zero attached hydrogens (tertiary/aromatic N) is 2. The minimum absolute atomic E-state index is 0.330. The number of halogens is 2. The van der Waals surface area contributed by atoms with Crippen LogP contribution in [0.4, 0.5) is 5.82 Å². The average Bonchev–Trinajstić information content (AvgIpc) is 2.63. The second-order valence-electron chi connectivity index (χ2n) is 5.36. The van der Waals surface area contributed by atoms with Crippen LogP contribution in [-0.4, -0.2) is 30.8 Å². The molecule has 0 aliphatic heterocycles. The van der Waals surface area contributed by atoms with Gasteiger partial charge in [-0.1, -0.05) is 23.2 Å². The van der Waals surface area contributed by atoms with Crippen molar-refractivity contribution >= 4 is 39.8 Å². The smallest absolute Gasteiger partial charge is 0.222 e. The number of nitrogens with two attached hydrogens (primary N) is 1. The molecule has 2 heterocycles. The van der Waals surface area contributed by atoms with Crippen LogP contribution in [0.2, 0.25) is 10.0 Å². The number of hydrogen-bond acceptors (Lipinski definition) is 6. The maximum atomic E-state index is 6.50. The monoisotopic (exact) mass is 393 g/mol. The zero-order valence-corrected chi connectivity index (χ0v) is 16.0. The van der Waals surface area contributed by atoms with Crippen LogP contribution >= 0.6 is 23.2 Å². The van der Waals surface area contributed by atoms with Crippen molar-refractivity contribution in [3.8, 4) is 28.6 Å². The van der Waals surface area contributed by atoms with Crippen molar-refractivity contribution in [1.82, 2.24) is 9.97 Å². The summed E-state index contributed by atoms with van der Waals surface area (Å²) in [5, 5.41) is 2.21. The summed E-state index contributed by atoms with van der Waals surface area (Å²) in [7, 11) is 3.04. The Morgan fingerprint density at radius 2 is 1.69 bits per heavy atom. The molecule has 0 radical (unpaired) electrons. The number of aromatic nitrogens is 2. The maximum absolute atomic E-state index is 6.50. The second-order valence-corrected chi connectivity index (χ2v) is 6.12. The van der Waals surface area contributed by atoms with Gasteiger partial charge in [-0.05, 0) is 19.1 Å². The summed E-state index contributed by atoms with van der Waals surface area (Å²) in [5.41, 5.74) is 6.80. The molecule has 3 aromatic rings. The Labute approximate surface area is 160 Å². The first-order valence-electron chi connectivity index (χ1n) is 7.79. The average molecular weight is 394 g/mol. The molecule has 6 nitrogen and oxygen atoms in total. The summed E-state index contributed by atoms with van der Waals surface area (Å²) in [4.78, 5) is 8.72. The van der Waals surface area contributed by atoms with E-state index in [0.29, 0.717) is 51.1 Å². The third kappa shape index (κ3) is 3.18. The van der Waals surface area contributed by atoms with Crippen molar-refractivity contribution in [3.05, 3.63) is 34.4 Å². The topological polar surface area (TPSA) is 79.5 Å². The minimum atomic E-state index is 0.330. The van der Waals surface area contributed by atoms with Gasteiger partial charge in [-0.15, -0.1) is 0 Å². The van der Waals surface area contributed by atoms with E-state index in [0.717, 1.165) is 10.8 Å². The second kappa shape index (κ2) is 7.43. The number of methoxy groups -OCH3 is 2. The number of fused-ring (bicyclic) bond motifs is 1. The largest absolute Gasteiger partial charge is 0.495 e. The van der Waals surface area contributed by atoms with E-state index in [1.165, 1.54) is 14.2 Å². The molecule has 3 rings (SSSR count). The van der Waals surface area contributed by atoms with Crippen LogP contribution in [0.1, 0.15) is 6.92 Å². The van der Waals surface area contributed by atoms with Gasteiger partial charge in [0, 0.05) is 28.6 Å². The summed E-state index contributed by atoms with van der Waals surface area (Å²) in [6.45, 7) is 2.32. The molecule has 136 valence electrons. The SMILES string of the molecule is CCOc1nc(-c2c(Cl)c(OC)cc(OC)c2Cl)cc2cnc(N)cc12. The van der Waals surface area contributed by atoms with E-state index in [-0.39, 0.29) is 0 Å². The standard InChI is InChI=1S/C18H17Cl2N3O3/c1-4-26-18-10-6-14(21)22-8-9(10)5-11(23-18)15-16(19)12(24-2)7-13(25-3)17(15)20/h5-8H,4H2,1-3H3,(H2,21,22). The Morgan fingerprint density at radius 1 is 1.04 bits per heavy atom. The van der Waals surface area contributed by atoms with Gasteiger partial charge in [0.15, 0.2) is 0 Å². The highest BCUT2D eigenvalue weighted by Gasteiger charge is 2.21. The van der Waals surface area contributed by atoms with Gasteiger partial charge in [0.1, 0.15) is 17.3 Å². The van der Waals surface area contributed by atoms with Crippen molar-refractivity contribution in [1.29, 1.82) is 0 Å². The predicted molar refractivity (Wildman–Crippen MR) is 104 cm³/mol. The number of anilines is 1. The van der Waals surface area contributed by atoms with Crippen LogP contribution in [0.3, 0.4) is 0 Å². The first kappa shape index (κ1) is 18.4. The van der Waals surface area contributed by atoms with Crippen LogP contribution in [0.5, 0.6) is 17.4 Å². The quantitative estimate of drug-likeness (QED) is 0.681. The molecule has 26 heavy (non-hydrogen) atoms. The molecule has 0 unspecified atom stereocenters. The molecular weight excluding hydrogens is 377 g/mol. The first-order chi connectivity index (χ1) is 12.5. The van der Waals surface area contributed by atoms with Gasteiger partial charge in [0.2, 0.25) is 5.88 Å². The molecule has 0 aliphatic carbocycles. The number of pyridine rings is 2. The summed E-state index contributed by atoms with van der Waals surface area (Å²) in [6.07, 6.45) is 1.65. The molecule has 2 N–H and O–H groups in total. The number of benzene rings is 1. The fourth-order valence-electron chi connectivity index (χ4n) is 2.62. The van der Waals surface area contributed by atoms with E-state index >= 15 is 0 Å². The van der Waals surface area contributed by atoms with Gasteiger partial charge >= 0.3 is 0 Å². The van der Waals surface area contributed by atoms with Crippen LogP contribution < -0.4 is 19.9 Å². The van der Waals surface area contributed by atoms with Gasteiger partial charge in [-0.3, -0.25) is 0 Å². The highest BCUT2D eigenvalue weighted by atomic mass is 35.5. The summed E-state index contributed by atoms with van der Waals surface area (Å²) in [5.74, 6) is 1.66. The fraction of sp³-hybridized carbons (Fsp3) is 0.222. The molecule has 2 aromatic heterocycles. The first-order valence-corrected chi connectivity index (χ1v) is 8.55. The lowest BCUT2D eigenvalue weighted by molar-refractivity contribution is 0.331. The Bertz CT molecular complexity index is 952. The molecule has 0 saturated carbocycles. The molecule has 8 heteroatoms. The van der Waals surface area contributed by atoms with Gasteiger partial charge in [0.05, 0.1) is 36.6 Å². The summed E-state index contributed by atoms with van der Waals surface area (Å²) >= 11 is 13.0. The van der Waals surface area contributed by atoms with Gasteiger partial charge in [-0.2, -0.15) is 0 Å². The van der Waals surface area contributed by atoms with Crippen molar-refractivity contribution < 1.29 is 14.2 Å². The number of hydrogen-bond donors (Lipinski definition) is 1. The van der Waals surface area contributed by atoms with Gasteiger partial charge < -0.3 is 19.9 Å². The van der Waals surface area contributed by atoms with Crippen molar-refractivity contribution in [3.63, 3.8) is 0 Å². The van der Waals surface area contributed by atoms with E-state index in [1.807, 2.05) is 13.0 Å². The van der Waals surface area contributed by atoms with E-state index in [9.17, 15) is 0 Å². The van der Waals surface area contributed by atoms with Crippen molar-refractivity contribution in [2.75, 3.05) is 26.6 Å². The van der Waals surface area contributed by atoms with Gasteiger partial charge in [0.25, 0.3) is 0 Å².